The minimum atomic E-state index is -0.0324. The lowest BCUT2D eigenvalue weighted by Gasteiger charge is -2.26. The number of carbonyl (C=O) groups is 1. The van der Waals surface area contributed by atoms with E-state index in [1.165, 1.54) is 5.56 Å². The van der Waals surface area contributed by atoms with Crippen molar-refractivity contribution in [2.75, 3.05) is 20.6 Å². The second-order valence-corrected chi connectivity index (χ2v) is 7.42. The van der Waals surface area contributed by atoms with E-state index in [0.29, 0.717) is 6.54 Å². The van der Waals surface area contributed by atoms with E-state index in [9.17, 15) is 4.79 Å². The molecule has 2 aromatic carbocycles. The molecule has 0 saturated carbocycles. The van der Waals surface area contributed by atoms with Crippen molar-refractivity contribution in [2.24, 2.45) is 0 Å². The van der Waals surface area contributed by atoms with Gasteiger partial charge in [-0.3, -0.25) is 9.69 Å². The molecule has 0 bridgehead atoms. The lowest BCUT2D eigenvalue weighted by molar-refractivity contribution is -0.132. The van der Waals surface area contributed by atoms with Gasteiger partial charge >= 0.3 is 0 Å². The Kier molecular flexibility index (Phi) is 5.46. The summed E-state index contributed by atoms with van der Waals surface area (Å²) < 4.78 is 1.16. The second kappa shape index (κ2) is 7.76. The average molecular weight is 353 g/mol. The molecular weight excluding hydrogens is 330 g/mol. The van der Waals surface area contributed by atoms with Crippen molar-refractivity contribution in [3.63, 3.8) is 0 Å². The molecule has 4 nitrogen and oxygen atoms in total. The highest BCUT2D eigenvalue weighted by Crippen LogP contribution is 2.28. The molecule has 1 heterocycles. The maximum Gasteiger partial charge on any atom is 0.237 e. The van der Waals surface area contributed by atoms with Crippen molar-refractivity contribution in [2.45, 2.75) is 19.5 Å². The first kappa shape index (κ1) is 17.6. The molecule has 0 aliphatic rings. The summed E-state index contributed by atoms with van der Waals surface area (Å²) in [5.74, 6) is 0.102. The lowest BCUT2D eigenvalue weighted by Crippen LogP contribution is -2.37. The number of aromatic nitrogens is 1. The van der Waals surface area contributed by atoms with Gasteiger partial charge in [-0.1, -0.05) is 42.5 Å². The Labute approximate surface area is 152 Å². The van der Waals surface area contributed by atoms with Crippen LogP contribution in [0.25, 0.3) is 10.2 Å². The molecule has 3 rings (SSSR count). The fourth-order valence-electron chi connectivity index (χ4n) is 2.74. The van der Waals surface area contributed by atoms with Crippen LogP contribution in [-0.4, -0.2) is 41.3 Å². The normalized spacial score (nSPS) is 12.5. The molecule has 0 aliphatic heterocycles. The molecule has 0 fully saturated rings. The largest absolute Gasteiger partial charge is 0.335 e. The van der Waals surface area contributed by atoms with E-state index in [-0.39, 0.29) is 11.9 Å². The van der Waals surface area contributed by atoms with Crippen molar-refractivity contribution in [1.82, 2.24) is 14.8 Å². The van der Waals surface area contributed by atoms with Crippen LogP contribution in [0.3, 0.4) is 0 Å². The Hall–Kier alpha value is -2.24. The molecule has 1 atom stereocenters. The number of likely N-dealkylation sites (N-methyl/N-ethyl adjacent to an activating group) is 2. The zero-order valence-corrected chi connectivity index (χ0v) is 15.7. The molecule has 0 spiro atoms. The van der Waals surface area contributed by atoms with Gasteiger partial charge in [0.2, 0.25) is 5.91 Å². The number of hydrogen-bond acceptors (Lipinski definition) is 4. The Morgan fingerprint density at radius 3 is 2.48 bits per heavy atom. The molecule has 0 N–H and O–H groups in total. The fourth-order valence-corrected chi connectivity index (χ4v) is 3.81. The highest BCUT2D eigenvalue weighted by molar-refractivity contribution is 7.18. The van der Waals surface area contributed by atoms with Gasteiger partial charge in [0.1, 0.15) is 5.01 Å². The van der Waals surface area contributed by atoms with Crippen molar-refractivity contribution in [3.8, 4) is 0 Å². The summed E-state index contributed by atoms with van der Waals surface area (Å²) in [5.41, 5.74) is 2.20. The maximum atomic E-state index is 12.6. The Morgan fingerprint density at radius 2 is 1.76 bits per heavy atom. The van der Waals surface area contributed by atoms with Gasteiger partial charge in [-0.2, -0.15) is 0 Å². The van der Waals surface area contributed by atoms with Crippen LogP contribution in [0.2, 0.25) is 0 Å². The number of benzene rings is 2. The van der Waals surface area contributed by atoms with Crippen LogP contribution in [0.15, 0.2) is 54.6 Å². The predicted molar refractivity (Wildman–Crippen MR) is 104 cm³/mol. The summed E-state index contributed by atoms with van der Waals surface area (Å²) in [6.45, 7) is 3.18. The molecule has 0 radical (unpaired) electrons. The number of amides is 1. The van der Waals surface area contributed by atoms with E-state index >= 15 is 0 Å². The minimum absolute atomic E-state index is 0.0324. The van der Waals surface area contributed by atoms with Gasteiger partial charge in [0.15, 0.2) is 0 Å². The number of rotatable bonds is 6. The van der Waals surface area contributed by atoms with Crippen LogP contribution < -0.4 is 0 Å². The van der Waals surface area contributed by atoms with E-state index in [4.69, 9.17) is 0 Å². The Bertz CT molecular complexity index is 813. The standard InChI is InChI=1S/C20H23N3OS/c1-15(20-21-17-11-7-8-12-18(17)25-20)23(3)19(24)14-22(2)13-16-9-5-4-6-10-16/h4-12,15H,13-14H2,1-3H3/t15-/m1/s1. The number of para-hydroxylation sites is 1. The van der Waals surface area contributed by atoms with Crippen LogP contribution in [-0.2, 0) is 11.3 Å². The lowest BCUT2D eigenvalue weighted by atomic mass is 10.2. The smallest absolute Gasteiger partial charge is 0.237 e. The topological polar surface area (TPSA) is 36.4 Å². The molecule has 5 heteroatoms. The fraction of sp³-hybridized carbons (Fsp3) is 0.300. The molecule has 25 heavy (non-hydrogen) atoms. The highest BCUT2D eigenvalue weighted by Gasteiger charge is 2.21. The van der Waals surface area contributed by atoms with E-state index in [1.54, 1.807) is 16.2 Å². The quantitative estimate of drug-likeness (QED) is 0.673. The van der Waals surface area contributed by atoms with Crippen molar-refractivity contribution < 1.29 is 4.79 Å². The summed E-state index contributed by atoms with van der Waals surface area (Å²) in [4.78, 5) is 21.1. The summed E-state index contributed by atoms with van der Waals surface area (Å²) in [5, 5.41) is 0.975. The number of carbonyl (C=O) groups excluding carboxylic acids is 1. The summed E-state index contributed by atoms with van der Waals surface area (Å²) in [6, 6.07) is 18.3. The van der Waals surface area contributed by atoms with Crippen LogP contribution in [0, 0.1) is 0 Å². The first-order valence-corrected chi connectivity index (χ1v) is 9.20. The van der Waals surface area contributed by atoms with Gasteiger partial charge in [-0.05, 0) is 31.7 Å². The van der Waals surface area contributed by atoms with Gasteiger partial charge in [0.25, 0.3) is 0 Å². The van der Waals surface area contributed by atoms with Gasteiger partial charge in [-0.15, -0.1) is 11.3 Å². The molecule has 0 aliphatic carbocycles. The molecule has 0 unspecified atom stereocenters. The summed E-state index contributed by atoms with van der Waals surface area (Å²) in [7, 11) is 3.83. The monoisotopic (exact) mass is 353 g/mol. The summed E-state index contributed by atoms with van der Waals surface area (Å²) in [6.07, 6.45) is 0. The van der Waals surface area contributed by atoms with Crippen LogP contribution in [0.1, 0.15) is 23.5 Å². The summed E-state index contributed by atoms with van der Waals surface area (Å²) >= 11 is 1.65. The molecular formula is C20H23N3OS. The van der Waals surface area contributed by atoms with Gasteiger partial charge < -0.3 is 4.90 Å². The third-order valence-electron chi connectivity index (χ3n) is 4.34. The number of hydrogen-bond donors (Lipinski definition) is 0. The molecule has 1 amide bonds. The van der Waals surface area contributed by atoms with E-state index in [2.05, 4.69) is 23.2 Å². The maximum absolute atomic E-state index is 12.6. The third-order valence-corrected chi connectivity index (χ3v) is 5.55. The van der Waals surface area contributed by atoms with Gasteiger partial charge in [0, 0.05) is 13.6 Å². The molecule has 0 saturated heterocycles. The van der Waals surface area contributed by atoms with Crippen LogP contribution in [0.5, 0.6) is 0 Å². The zero-order valence-electron chi connectivity index (χ0n) is 14.8. The zero-order chi connectivity index (χ0) is 17.8. The molecule has 130 valence electrons. The first-order chi connectivity index (χ1) is 12.0. The average Bonchev–Trinajstić information content (AvgIpc) is 3.05. The van der Waals surface area contributed by atoms with Crippen LogP contribution >= 0.6 is 11.3 Å². The van der Waals surface area contributed by atoms with E-state index in [1.807, 2.05) is 62.3 Å². The molecule has 1 aromatic heterocycles. The van der Waals surface area contributed by atoms with Crippen molar-refractivity contribution in [3.05, 3.63) is 65.2 Å². The highest BCUT2D eigenvalue weighted by atomic mass is 32.1. The van der Waals surface area contributed by atoms with Crippen molar-refractivity contribution in [1.29, 1.82) is 0 Å². The van der Waals surface area contributed by atoms with E-state index in [0.717, 1.165) is 21.8 Å². The third kappa shape index (κ3) is 4.24. The Balaban J connectivity index is 1.62. The second-order valence-electron chi connectivity index (χ2n) is 6.36. The predicted octanol–water partition coefficient (Wildman–Crippen LogP) is 3.95. The SMILES string of the molecule is C[C@H](c1nc2ccccc2s1)N(C)C(=O)CN(C)Cc1ccccc1. The number of thiazole rings is 1. The number of nitrogens with zero attached hydrogens (tertiary/aromatic N) is 3. The van der Waals surface area contributed by atoms with Gasteiger partial charge in [0.05, 0.1) is 22.8 Å². The van der Waals surface area contributed by atoms with E-state index < -0.39 is 0 Å². The number of fused-ring (bicyclic) bond motifs is 1. The first-order valence-electron chi connectivity index (χ1n) is 8.38. The molecule has 3 aromatic rings. The van der Waals surface area contributed by atoms with Gasteiger partial charge in [-0.25, -0.2) is 4.98 Å². The van der Waals surface area contributed by atoms with Crippen molar-refractivity contribution >= 4 is 27.5 Å². The van der Waals surface area contributed by atoms with Crippen LogP contribution in [0.4, 0.5) is 0 Å². The minimum Gasteiger partial charge on any atom is -0.335 e. The Morgan fingerprint density at radius 1 is 1.08 bits per heavy atom.